The van der Waals surface area contributed by atoms with Crippen LogP contribution in [0.5, 0.6) is 0 Å². The predicted molar refractivity (Wildman–Crippen MR) is 69.7 cm³/mol. The Hall–Kier alpha value is -1.80. The maximum absolute atomic E-state index is 11.9. The summed E-state index contributed by atoms with van der Waals surface area (Å²) in [5, 5.41) is 13.2. The van der Waals surface area contributed by atoms with E-state index in [2.05, 4.69) is 25.3 Å². The van der Waals surface area contributed by atoms with Gasteiger partial charge in [0, 0.05) is 0 Å². The van der Waals surface area contributed by atoms with Gasteiger partial charge >= 0.3 is 0 Å². The summed E-state index contributed by atoms with van der Waals surface area (Å²) in [4.78, 5) is 0. The summed E-state index contributed by atoms with van der Waals surface area (Å²) in [6.45, 7) is 1.67. The Balaban J connectivity index is 1.92. The van der Waals surface area contributed by atoms with Crippen molar-refractivity contribution in [2.24, 2.45) is 0 Å². The van der Waals surface area contributed by atoms with Crippen molar-refractivity contribution in [2.45, 2.75) is 19.4 Å². The minimum absolute atomic E-state index is 0.0270. The second kappa shape index (κ2) is 5.89. The van der Waals surface area contributed by atoms with E-state index in [4.69, 9.17) is 0 Å². The maximum atomic E-state index is 11.9. The number of H-pyrrole nitrogens is 1. The van der Waals surface area contributed by atoms with E-state index in [9.17, 15) is 8.42 Å². The SMILES string of the molecule is CC(NS(=O)(=O)CCc1ccccc1)c1nn[nH]n1. The van der Waals surface area contributed by atoms with Crippen LogP contribution in [0.15, 0.2) is 30.3 Å². The minimum atomic E-state index is -3.38. The Labute approximate surface area is 111 Å². The summed E-state index contributed by atoms with van der Waals surface area (Å²) in [6.07, 6.45) is 0.467. The van der Waals surface area contributed by atoms with Gasteiger partial charge in [-0.25, -0.2) is 13.1 Å². The van der Waals surface area contributed by atoms with Gasteiger partial charge in [0.25, 0.3) is 0 Å². The molecule has 0 saturated heterocycles. The summed E-state index contributed by atoms with van der Waals surface area (Å²) in [7, 11) is -3.38. The predicted octanol–water partition coefficient (Wildman–Crippen LogP) is 0.423. The number of sulfonamides is 1. The minimum Gasteiger partial charge on any atom is -0.212 e. The van der Waals surface area contributed by atoms with Crippen LogP contribution in [0.2, 0.25) is 0 Å². The number of aromatic amines is 1. The molecule has 2 rings (SSSR count). The van der Waals surface area contributed by atoms with Gasteiger partial charge in [-0.3, -0.25) is 0 Å². The highest BCUT2D eigenvalue weighted by atomic mass is 32.2. The number of aryl methyl sites for hydroxylation is 1. The second-order valence-corrected chi connectivity index (χ2v) is 6.04. The highest BCUT2D eigenvalue weighted by Crippen LogP contribution is 2.07. The van der Waals surface area contributed by atoms with Gasteiger partial charge in [0.05, 0.1) is 11.8 Å². The quantitative estimate of drug-likeness (QED) is 0.799. The molecule has 0 aliphatic carbocycles. The van der Waals surface area contributed by atoms with Crippen molar-refractivity contribution in [1.29, 1.82) is 0 Å². The fourth-order valence-electron chi connectivity index (χ4n) is 1.63. The molecule has 2 N–H and O–H groups in total. The average Bonchev–Trinajstić information content (AvgIpc) is 2.91. The zero-order valence-corrected chi connectivity index (χ0v) is 11.3. The van der Waals surface area contributed by atoms with Gasteiger partial charge < -0.3 is 0 Å². The number of tetrazole rings is 1. The monoisotopic (exact) mass is 281 g/mol. The van der Waals surface area contributed by atoms with E-state index in [0.717, 1.165) is 5.56 Å². The largest absolute Gasteiger partial charge is 0.212 e. The summed E-state index contributed by atoms with van der Waals surface area (Å²) in [5.74, 6) is 0.349. The first-order valence-corrected chi connectivity index (χ1v) is 7.49. The highest BCUT2D eigenvalue weighted by molar-refractivity contribution is 7.89. The summed E-state index contributed by atoms with van der Waals surface area (Å²) in [5.41, 5.74) is 0.986. The lowest BCUT2D eigenvalue weighted by Crippen LogP contribution is -2.30. The molecule has 102 valence electrons. The maximum Gasteiger partial charge on any atom is 0.212 e. The van der Waals surface area contributed by atoms with Crippen LogP contribution in [0, 0.1) is 0 Å². The third kappa shape index (κ3) is 4.11. The van der Waals surface area contributed by atoms with Crippen molar-refractivity contribution >= 4 is 10.0 Å². The number of nitrogens with zero attached hydrogens (tertiary/aromatic N) is 3. The molecule has 19 heavy (non-hydrogen) atoms. The van der Waals surface area contributed by atoms with Crippen LogP contribution in [0.1, 0.15) is 24.4 Å². The molecule has 1 aromatic carbocycles. The molecule has 0 spiro atoms. The molecular weight excluding hydrogens is 266 g/mol. The normalized spacial score (nSPS) is 13.3. The first kappa shape index (κ1) is 13.6. The van der Waals surface area contributed by atoms with Crippen molar-refractivity contribution in [3.05, 3.63) is 41.7 Å². The second-order valence-electron chi connectivity index (χ2n) is 4.16. The smallest absolute Gasteiger partial charge is 0.212 e. The number of nitrogens with one attached hydrogen (secondary N) is 2. The third-order valence-electron chi connectivity index (χ3n) is 2.61. The van der Waals surface area contributed by atoms with Crippen molar-refractivity contribution < 1.29 is 8.42 Å². The fourth-order valence-corrected chi connectivity index (χ4v) is 2.90. The van der Waals surface area contributed by atoms with Crippen molar-refractivity contribution in [2.75, 3.05) is 5.75 Å². The Morgan fingerprint density at radius 1 is 1.32 bits per heavy atom. The van der Waals surface area contributed by atoms with E-state index >= 15 is 0 Å². The molecule has 8 heteroatoms. The van der Waals surface area contributed by atoms with Gasteiger partial charge in [0.1, 0.15) is 0 Å². The molecule has 0 amide bonds. The molecule has 1 atom stereocenters. The van der Waals surface area contributed by atoms with Crippen LogP contribution in [0.25, 0.3) is 0 Å². The molecule has 1 unspecified atom stereocenters. The molecule has 7 nitrogen and oxygen atoms in total. The molecule has 0 aliphatic rings. The molecular formula is C11H15N5O2S. The molecule has 0 fully saturated rings. The van der Waals surface area contributed by atoms with E-state index in [0.29, 0.717) is 12.2 Å². The standard InChI is InChI=1S/C11H15N5O2S/c1-9(11-12-15-16-13-11)14-19(17,18)8-7-10-5-3-2-4-6-10/h2-6,9,14H,7-8H2,1H3,(H,12,13,15,16). The van der Waals surface area contributed by atoms with Crippen LogP contribution in [-0.2, 0) is 16.4 Å². The lowest BCUT2D eigenvalue weighted by molar-refractivity contribution is 0.559. The number of hydrogen-bond donors (Lipinski definition) is 2. The summed E-state index contributed by atoms with van der Waals surface area (Å²) < 4.78 is 26.3. The lowest BCUT2D eigenvalue weighted by atomic mass is 10.2. The van der Waals surface area contributed by atoms with Gasteiger partial charge in [-0.15, -0.1) is 10.2 Å². The molecule has 0 bridgehead atoms. The van der Waals surface area contributed by atoms with E-state index < -0.39 is 16.1 Å². The van der Waals surface area contributed by atoms with Crippen LogP contribution < -0.4 is 4.72 Å². The van der Waals surface area contributed by atoms with Crippen molar-refractivity contribution in [3.63, 3.8) is 0 Å². The number of benzene rings is 1. The van der Waals surface area contributed by atoms with E-state index in [1.54, 1.807) is 6.92 Å². The van der Waals surface area contributed by atoms with Crippen molar-refractivity contribution in [3.8, 4) is 0 Å². The van der Waals surface area contributed by atoms with Gasteiger partial charge in [-0.05, 0) is 18.9 Å². The molecule has 0 saturated carbocycles. The molecule has 2 aromatic rings. The molecule has 0 radical (unpaired) electrons. The van der Waals surface area contributed by atoms with Crippen LogP contribution in [0.4, 0.5) is 0 Å². The van der Waals surface area contributed by atoms with Crippen LogP contribution >= 0.6 is 0 Å². The Morgan fingerprint density at radius 2 is 2.05 bits per heavy atom. The summed E-state index contributed by atoms with van der Waals surface area (Å²) >= 11 is 0. The highest BCUT2D eigenvalue weighted by Gasteiger charge is 2.18. The molecule has 0 aliphatic heterocycles. The van der Waals surface area contributed by atoms with Crippen LogP contribution in [0.3, 0.4) is 0 Å². The number of hydrogen-bond acceptors (Lipinski definition) is 5. The van der Waals surface area contributed by atoms with Gasteiger partial charge in [0.15, 0.2) is 5.82 Å². The topological polar surface area (TPSA) is 101 Å². The Kier molecular flexibility index (Phi) is 4.23. The average molecular weight is 281 g/mol. The number of rotatable bonds is 6. The fraction of sp³-hybridized carbons (Fsp3) is 0.364. The molecule has 1 heterocycles. The first-order chi connectivity index (χ1) is 9.07. The molecule has 1 aromatic heterocycles. The van der Waals surface area contributed by atoms with E-state index in [1.165, 1.54) is 0 Å². The summed E-state index contributed by atoms with van der Waals surface area (Å²) in [6, 6.07) is 8.97. The van der Waals surface area contributed by atoms with E-state index in [-0.39, 0.29) is 5.75 Å². The van der Waals surface area contributed by atoms with Gasteiger partial charge in [0.2, 0.25) is 10.0 Å². The first-order valence-electron chi connectivity index (χ1n) is 5.84. The number of aromatic nitrogens is 4. The zero-order chi connectivity index (χ0) is 13.7. The lowest BCUT2D eigenvalue weighted by Gasteiger charge is -2.10. The third-order valence-corrected chi connectivity index (χ3v) is 4.06. The Bertz CT molecular complexity index is 597. The Morgan fingerprint density at radius 3 is 2.68 bits per heavy atom. The van der Waals surface area contributed by atoms with E-state index in [1.807, 2.05) is 30.3 Å². The van der Waals surface area contributed by atoms with Gasteiger partial charge in [-0.2, -0.15) is 5.21 Å². The van der Waals surface area contributed by atoms with Gasteiger partial charge in [-0.1, -0.05) is 35.5 Å². The zero-order valence-electron chi connectivity index (χ0n) is 10.4. The van der Waals surface area contributed by atoms with Crippen LogP contribution in [-0.4, -0.2) is 34.8 Å². The van der Waals surface area contributed by atoms with Crippen molar-refractivity contribution in [1.82, 2.24) is 25.3 Å².